The summed E-state index contributed by atoms with van der Waals surface area (Å²) in [6, 6.07) is 6.89. The largest absolute Gasteiger partial charge is 0.489 e. The van der Waals surface area contributed by atoms with Gasteiger partial charge in [-0.3, -0.25) is 0 Å². The van der Waals surface area contributed by atoms with E-state index in [1.54, 1.807) is 25.3 Å². The van der Waals surface area contributed by atoms with Crippen molar-refractivity contribution in [2.75, 3.05) is 26.9 Å². The van der Waals surface area contributed by atoms with Crippen molar-refractivity contribution in [2.24, 2.45) is 0 Å². The van der Waals surface area contributed by atoms with Crippen LogP contribution >= 0.6 is 11.6 Å². The Morgan fingerprint density at radius 2 is 2.10 bits per heavy atom. The lowest BCUT2D eigenvalue weighted by Gasteiger charge is -2.16. The van der Waals surface area contributed by atoms with E-state index < -0.39 is 6.10 Å². The Kier molecular flexibility index (Phi) is 7.34. The first-order chi connectivity index (χ1) is 9.58. The smallest absolute Gasteiger partial charge is 0.138 e. The fraction of sp³-hybridized carbons (Fsp3) is 0.500. The number of halogens is 1. The number of nitriles is 1. The highest BCUT2D eigenvalue weighted by molar-refractivity contribution is 6.31. The lowest BCUT2D eigenvalue weighted by Crippen LogP contribution is -2.27. The van der Waals surface area contributed by atoms with Crippen molar-refractivity contribution in [3.8, 4) is 11.8 Å². The van der Waals surface area contributed by atoms with Gasteiger partial charge in [-0.2, -0.15) is 5.26 Å². The summed E-state index contributed by atoms with van der Waals surface area (Å²) in [5.41, 5.74) is 0.259. The number of methoxy groups -OCH3 is 1. The van der Waals surface area contributed by atoms with Gasteiger partial charge in [0, 0.05) is 7.11 Å². The second-order valence-electron chi connectivity index (χ2n) is 4.29. The average molecular weight is 300 g/mol. The van der Waals surface area contributed by atoms with E-state index >= 15 is 0 Å². The summed E-state index contributed by atoms with van der Waals surface area (Å²) in [4.78, 5) is 0. The van der Waals surface area contributed by atoms with E-state index in [1.165, 1.54) is 0 Å². The van der Waals surface area contributed by atoms with Gasteiger partial charge < -0.3 is 19.3 Å². The zero-order valence-electron chi connectivity index (χ0n) is 11.5. The molecule has 0 radical (unpaired) electrons. The summed E-state index contributed by atoms with van der Waals surface area (Å²) in [5.74, 6) is 0.351. The van der Waals surface area contributed by atoms with Gasteiger partial charge in [0.05, 0.1) is 24.3 Å². The quantitative estimate of drug-likeness (QED) is 0.795. The second-order valence-corrected chi connectivity index (χ2v) is 4.70. The summed E-state index contributed by atoms with van der Waals surface area (Å²) in [5, 5.41) is 19.1. The molecule has 2 unspecified atom stereocenters. The van der Waals surface area contributed by atoms with Gasteiger partial charge in [-0.25, -0.2) is 0 Å². The zero-order chi connectivity index (χ0) is 15.0. The number of aliphatic hydroxyl groups excluding tert-OH is 1. The topological polar surface area (TPSA) is 71.7 Å². The molecule has 6 heteroatoms. The Hall–Kier alpha value is -1.32. The molecule has 5 nitrogen and oxygen atoms in total. The van der Waals surface area contributed by atoms with Gasteiger partial charge in [0.15, 0.2) is 0 Å². The third-order valence-electron chi connectivity index (χ3n) is 2.49. The molecule has 110 valence electrons. The normalized spacial score (nSPS) is 13.6. The van der Waals surface area contributed by atoms with Crippen LogP contribution in [0.3, 0.4) is 0 Å². The predicted molar refractivity (Wildman–Crippen MR) is 75.0 cm³/mol. The molecule has 0 saturated heterocycles. The third-order valence-corrected chi connectivity index (χ3v) is 2.81. The summed E-state index contributed by atoms with van der Waals surface area (Å²) < 4.78 is 15.7. The van der Waals surface area contributed by atoms with Crippen molar-refractivity contribution >= 4 is 11.6 Å². The fourth-order valence-corrected chi connectivity index (χ4v) is 1.73. The lowest BCUT2D eigenvalue weighted by atomic mass is 10.2. The van der Waals surface area contributed by atoms with Crippen LogP contribution in [-0.4, -0.2) is 44.2 Å². The molecule has 0 spiro atoms. The highest BCUT2D eigenvalue weighted by Crippen LogP contribution is 2.25. The Morgan fingerprint density at radius 1 is 1.35 bits per heavy atom. The van der Waals surface area contributed by atoms with Gasteiger partial charge in [-0.05, 0) is 19.1 Å². The van der Waals surface area contributed by atoms with Crippen LogP contribution in [0.2, 0.25) is 5.02 Å². The number of rotatable bonds is 8. The first kappa shape index (κ1) is 16.7. The van der Waals surface area contributed by atoms with Crippen molar-refractivity contribution in [3.63, 3.8) is 0 Å². The van der Waals surface area contributed by atoms with E-state index in [9.17, 15) is 5.11 Å². The van der Waals surface area contributed by atoms with Crippen LogP contribution in [0.1, 0.15) is 12.5 Å². The molecule has 1 rings (SSSR count). The lowest BCUT2D eigenvalue weighted by molar-refractivity contribution is -0.0423. The molecule has 1 N–H and O–H groups in total. The van der Waals surface area contributed by atoms with Gasteiger partial charge in [0.25, 0.3) is 0 Å². The summed E-state index contributed by atoms with van der Waals surface area (Å²) in [6.07, 6.45) is -0.893. The molecule has 0 aliphatic carbocycles. The number of ether oxygens (including phenoxy) is 3. The predicted octanol–water partition coefficient (Wildman–Crippen LogP) is 2.00. The minimum Gasteiger partial charge on any atom is -0.489 e. The molecule has 0 aliphatic rings. The van der Waals surface area contributed by atoms with Gasteiger partial charge in [-0.15, -0.1) is 0 Å². The molecular formula is C14H18ClNO4. The Balaban J connectivity index is 2.44. The molecular weight excluding hydrogens is 282 g/mol. The Bertz CT molecular complexity index is 461. The van der Waals surface area contributed by atoms with Crippen LogP contribution in [0.15, 0.2) is 18.2 Å². The molecule has 0 saturated carbocycles. The SMILES string of the molecule is COCC(C)OCC(O)COc1cccc(Cl)c1C#N. The van der Waals surface area contributed by atoms with Crippen molar-refractivity contribution in [3.05, 3.63) is 28.8 Å². The van der Waals surface area contributed by atoms with Crippen molar-refractivity contribution in [1.82, 2.24) is 0 Å². The highest BCUT2D eigenvalue weighted by atomic mass is 35.5. The van der Waals surface area contributed by atoms with Crippen LogP contribution in [0.5, 0.6) is 5.75 Å². The van der Waals surface area contributed by atoms with Crippen LogP contribution in [0.25, 0.3) is 0 Å². The average Bonchev–Trinajstić information content (AvgIpc) is 2.43. The fourth-order valence-electron chi connectivity index (χ4n) is 1.53. The highest BCUT2D eigenvalue weighted by Gasteiger charge is 2.12. The molecule has 1 aromatic rings. The summed E-state index contributed by atoms with van der Waals surface area (Å²) >= 11 is 5.88. The Labute approximate surface area is 123 Å². The maximum Gasteiger partial charge on any atom is 0.138 e. The van der Waals surface area contributed by atoms with Crippen molar-refractivity contribution < 1.29 is 19.3 Å². The molecule has 0 fully saturated rings. The second kappa shape index (κ2) is 8.77. The molecule has 2 atom stereocenters. The summed E-state index contributed by atoms with van der Waals surface area (Å²) in [7, 11) is 1.59. The van der Waals surface area contributed by atoms with Crippen molar-refractivity contribution in [2.45, 2.75) is 19.1 Å². The molecule has 20 heavy (non-hydrogen) atoms. The van der Waals surface area contributed by atoms with E-state index in [0.29, 0.717) is 17.4 Å². The molecule has 1 aromatic carbocycles. The van der Waals surface area contributed by atoms with Crippen LogP contribution in [0, 0.1) is 11.3 Å². The van der Waals surface area contributed by atoms with Gasteiger partial charge in [-0.1, -0.05) is 17.7 Å². The van der Waals surface area contributed by atoms with Crippen LogP contribution in [-0.2, 0) is 9.47 Å². The molecule has 0 amide bonds. The molecule has 0 aromatic heterocycles. The number of hydrogen-bond donors (Lipinski definition) is 1. The van der Waals surface area contributed by atoms with Crippen LogP contribution < -0.4 is 4.74 Å². The van der Waals surface area contributed by atoms with Gasteiger partial charge >= 0.3 is 0 Å². The maximum atomic E-state index is 9.75. The van der Waals surface area contributed by atoms with Crippen LogP contribution in [0.4, 0.5) is 0 Å². The first-order valence-corrected chi connectivity index (χ1v) is 6.56. The van der Waals surface area contributed by atoms with E-state index in [-0.39, 0.29) is 24.9 Å². The molecule has 0 heterocycles. The van der Waals surface area contributed by atoms with E-state index in [4.69, 9.17) is 31.1 Å². The van der Waals surface area contributed by atoms with Crippen molar-refractivity contribution in [1.29, 1.82) is 5.26 Å². The van der Waals surface area contributed by atoms with E-state index in [0.717, 1.165) is 0 Å². The monoisotopic (exact) mass is 299 g/mol. The molecule has 0 aliphatic heterocycles. The number of hydrogen-bond acceptors (Lipinski definition) is 5. The first-order valence-electron chi connectivity index (χ1n) is 6.18. The standard InChI is InChI=1S/C14H18ClNO4/c1-10(7-18-2)19-8-11(17)9-20-14-5-3-4-13(15)12(14)6-16/h3-5,10-11,17H,7-9H2,1-2H3. The minimum atomic E-state index is -0.792. The Morgan fingerprint density at radius 3 is 2.75 bits per heavy atom. The number of aliphatic hydroxyl groups is 1. The molecule has 0 bridgehead atoms. The number of benzene rings is 1. The van der Waals surface area contributed by atoms with E-state index in [1.807, 2.05) is 13.0 Å². The van der Waals surface area contributed by atoms with Gasteiger partial charge in [0.1, 0.15) is 30.1 Å². The number of nitrogens with zero attached hydrogens (tertiary/aromatic N) is 1. The minimum absolute atomic E-state index is 0.0225. The van der Waals surface area contributed by atoms with E-state index in [2.05, 4.69) is 0 Å². The third kappa shape index (κ3) is 5.35. The van der Waals surface area contributed by atoms with Gasteiger partial charge in [0.2, 0.25) is 0 Å². The summed E-state index contributed by atoms with van der Waals surface area (Å²) in [6.45, 7) is 2.46. The zero-order valence-corrected chi connectivity index (χ0v) is 12.3. The maximum absolute atomic E-state index is 9.75.